The van der Waals surface area contributed by atoms with E-state index in [2.05, 4.69) is 39.0 Å². The van der Waals surface area contributed by atoms with Gasteiger partial charge in [0.25, 0.3) is 5.91 Å². The first kappa shape index (κ1) is 35.4. The molecular formula is C37H42F6N4O2. The smallest absolute Gasteiger partial charge is 0.388 e. The molecule has 1 N–H and O–H groups in total. The first-order chi connectivity index (χ1) is 23.3. The topological polar surface area (TPSA) is 50.3 Å². The van der Waals surface area contributed by atoms with Crippen molar-refractivity contribution in [2.75, 3.05) is 52.4 Å². The monoisotopic (exact) mass is 688 g/mol. The molecule has 3 aromatic rings. The SMILES string of the molecule is O=C(c1cc(C(F)(F)F)cc(C(F)(F)F)c1)N1CCC(O)(CN2CCN(C3CCN(Cc4ccccc4)C3)CC2)CC1Cc1ccccc1. The molecule has 6 rings (SSSR count). The molecule has 0 aliphatic carbocycles. The van der Waals surface area contributed by atoms with E-state index in [1.165, 1.54) is 10.5 Å². The van der Waals surface area contributed by atoms with Gasteiger partial charge in [-0.2, -0.15) is 26.3 Å². The zero-order chi connectivity index (χ0) is 34.8. The second-order valence-corrected chi connectivity index (χ2v) is 13.8. The van der Waals surface area contributed by atoms with Gasteiger partial charge in [0.1, 0.15) is 0 Å². The summed E-state index contributed by atoms with van der Waals surface area (Å²) in [5, 5.41) is 11.9. The van der Waals surface area contributed by atoms with E-state index < -0.39 is 46.6 Å². The van der Waals surface area contributed by atoms with Crippen molar-refractivity contribution in [1.29, 1.82) is 0 Å². The summed E-state index contributed by atoms with van der Waals surface area (Å²) in [6, 6.07) is 20.5. The van der Waals surface area contributed by atoms with Crippen LogP contribution in [-0.2, 0) is 25.3 Å². The summed E-state index contributed by atoms with van der Waals surface area (Å²) >= 11 is 0. The van der Waals surface area contributed by atoms with Crippen molar-refractivity contribution in [3.05, 3.63) is 107 Å². The molecule has 3 saturated heterocycles. The number of nitrogens with zero attached hydrogens (tertiary/aromatic N) is 4. The number of aliphatic hydroxyl groups is 1. The minimum absolute atomic E-state index is 0.00369. The Kier molecular flexibility index (Phi) is 10.4. The Morgan fingerprint density at radius 2 is 1.35 bits per heavy atom. The van der Waals surface area contributed by atoms with Gasteiger partial charge in [-0.05, 0) is 55.0 Å². The number of carbonyl (C=O) groups is 1. The van der Waals surface area contributed by atoms with E-state index in [1.54, 1.807) is 0 Å². The van der Waals surface area contributed by atoms with Crippen LogP contribution in [0.2, 0.25) is 0 Å². The summed E-state index contributed by atoms with van der Waals surface area (Å²) in [6.07, 6.45) is -8.41. The van der Waals surface area contributed by atoms with Crippen molar-refractivity contribution < 1.29 is 36.2 Å². The second-order valence-electron chi connectivity index (χ2n) is 13.8. The molecule has 3 unspecified atom stereocenters. The summed E-state index contributed by atoms with van der Waals surface area (Å²) in [5.41, 5.74) is -2.75. The molecule has 6 nitrogen and oxygen atoms in total. The molecule has 264 valence electrons. The van der Waals surface area contributed by atoms with Crippen LogP contribution in [0.4, 0.5) is 26.3 Å². The van der Waals surface area contributed by atoms with Crippen molar-refractivity contribution in [2.24, 2.45) is 0 Å². The van der Waals surface area contributed by atoms with Crippen molar-refractivity contribution in [3.63, 3.8) is 0 Å². The van der Waals surface area contributed by atoms with Crippen LogP contribution in [0.1, 0.15) is 51.9 Å². The molecule has 0 bridgehead atoms. The molecule has 3 heterocycles. The summed E-state index contributed by atoms with van der Waals surface area (Å²) < 4.78 is 81.6. The number of amides is 1. The third-order valence-corrected chi connectivity index (χ3v) is 10.2. The number of piperidine rings is 1. The molecule has 1 amide bonds. The van der Waals surface area contributed by atoms with Crippen LogP contribution in [-0.4, -0.2) is 101 Å². The Morgan fingerprint density at radius 1 is 0.755 bits per heavy atom. The number of alkyl halides is 6. The van der Waals surface area contributed by atoms with E-state index in [0.717, 1.165) is 57.8 Å². The van der Waals surface area contributed by atoms with Gasteiger partial charge in [-0.25, -0.2) is 0 Å². The average molecular weight is 689 g/mol. The van der Waals surface area contributed by atoms with E-state index in [-0.39, 0.29) is 25.5 Å². The quantitative estimate of drug-likeness (QED) is 0.286. The zero-order valence-corrected chi connectivity index (χ0v) is 27.3. The average Bonchev–Trinajstić information content (AvgIpc) is 3.53. The van der Waals surface area contributed by atoms with Crippen LogP contribution in [0.25, 0.3) is 0 Å². The predicted molar refractivity (Wildman–Crippen MR) is 174 cm³/mol. The van der Waals surface area contributed by atoms with Crippen LogP contribution >= 0.6 is 0 Å². The minimum atomic E-state index is -5.06. The molecular weight excluding hydrogens is 646 g/mol. The number of hydrogen-bond acceptors (Lipinski definition) is 5. The van der Waals surface area contributed by atoms with Crippen LogP contribution in [0.3, 0.4) is 0 Å². The maximum absolute atomic E-state index is 13.7. The number of β-amino-alcohol motifs (C(OH)–C–C–N with tert-alkyl or cyclic N) is 1. The lowest BCUT2D eigenvalue weighted by molar-refractivity contribution is -0.143. The Labute approximate surface area is 282 Å². The molecule has 3 atom stereocenters. The van der Waals surface area contributed by atoms with E-state index >= 15 is 0 Å². The summed E-state index contributed by atoms with van der Waals surface area (Å²) in [7, 11) is 0. The van der Waals surface area contributed by atoms with Crippen molar-refractivity contribution in [1.82, 2.24) is 19.6 Å². The van der Waals surface area contributed by atoms with Crippen molar-refractivity contribution in [2.45, 2.75) is 62.3 Å². The molecule has 0 saturated carbocycles. The highest BCUT2D eigenvalue weighted by molar-refractivity contribution is 5.95. The number of benzene rings is 3. The molecule has 3 fully saturated rings. The number of rotatable bonds is 8. The molecule has 3 aliphatic rings. The lowest BCUT2D eigenvalue weighted by Crippen LogP contribution is -2.59. The van der Waals surface area contributed by atoms with Gasteiger partial charge in [-0.15, -0.1) is 0 Å². The molecule has 12 heteroatoms. The zero-order valence-electron chi connectivity index (χ0n) is 27.3. The highest BCUT2D eigenvalue weighted by Crippen LogP contribution is 2.38. The van der Waals surface area contributed by atoms with Gasteiger partial charge >= 0.3 is 12.4 Å². The number of piperazine rings is 1. The number of likely N-dealkylation sites (tertiary alicyclic amines) is 2. The lowest BCUT2D eigenvalue weighted by atomic mass is 9.82. The molecule has 0 spiro atoms. The molecule has 49 heavy (non-hydrogen) atoms. The highest BCUT2D eigenvalue weighted by Gasteiger charge is 2.43. The van der Waals surface area contributed by atoms with Crippen LogP contribution in [0, 0.1) is 0 Å². The second kappa shape index (κ2) is 14.4. The Hall–Kier alpha value is -3.45. The van der Waals surface area contributed by atoms with Crippen LogP contribution in [0.15, 0.2) is 78.9 Å². The largest absolute Gasteiger partial charge is 0.416 e. The van der Waals surface area contributed by atoms with Gasteiger partial charge < -0.3 is 10.0 Å². The maximum Gasteiger partial charge on any atom is 0.416 e. The fourth-order valence-corrected chi connectivity index (χ4v) is 7.68. The van der Waals surface area contributed by atoms with Crippen molar-refractivity contribution >= 4 is 5.91 Å². The minimum Gasteiger partial charge on any atom is -0.388 e. The van der Waals surface area contributed by atoms with Gasteiger partial charge in [0.2, 0.25) is 0 Å². The third kappa shape index (κ3) is 8.83. The predicted octanol–water partition coefficient (Wildman–Crippen LogP) is 6.19. The Morgan fingerprint density at radius 3 is 1.94 bits per heavy atom. The maximum atomic E-state index is 13.7. The molecule has 3 aromatic carbocycles. The van der Waals surface area contributed by atoms with E-state index in [4.69, 9.17) is 0 Å². The van der Waals surface area contributed by atoms with Crippen LogP contribution in [0.5, 0.6) is 0 Å². The molecule has 3 aliphatic heterocycles. The summed E-state index contributed by atoms with van der Waals surface area (Å²) in [5.74, 6) is -0.911. The number of hydrogen-bond donors (Lipinski definition) is 1. The normalized spacial score (nSPS) is 24.8. The number of halogens is 6. The fourth-order valence-electron chi connectivity index (χ4n) is 7.68. The Balaban J connectivity index is 1.12. The number of carbonyl (C=O) groups excluding carboxylic acids is 1. The summed E-state index contributed by atoms with van der Waals surface area (Å²) in [4.78, 5) is 22.3. The van der Waals surface area contributed by atoms with Gasteiger partial charge in [0.05, 0.1) is 16.7 Å². The summed E-state index contributed by atoms with van der Waals surface area (Å²) in [6.45, 7) is 6.66. The van der Waals surface area contributed by atoms with E-state index in [1.807, 2.05) is 36.4 Å². The van der Waals surface area contributed by atoms with E-state index in [9.17, 15) is 36.2 Å². The molecule has 0 aromatic heterocycles. The van der Waals surface area contributed by atoms with Crippen molar-refractivity contribution in [3.8, 4) is 0 Å². The fraction of sp³-hybridized carbons (Fsp3) is 0.486. The lowest BCUT2D eigenvalue weighted by Gasteiger charge is -2.47. The Bertz CT molecular complexity index is 1530. The first-order valence-electron chi connectivity index (χ1n) is 16.9. The van der Waals surface area contributed by atoms with E-state index in [0.29, 0.717) is 31.1 Å². The van der Waals surface area contributed by atoms with Crippen LogP contribution < -0.4 is 0 Å². The standard InChI is InChI=1S/C37H42F6N4O2/c38-36(39,40)30-20-29(21-31(22-30)37(41,42)43)34(48)47-14-12-35(49,23-33(47)19-27-7-3-1-4-8-27)26-44-15-17-46(18-16-44)32-11-13-45(25-32)24-28-9-5-2-6-10-28/h1-10,20-22,32-33,49H,11-19,23-26H2. The third-order valence-electron chi connectivity index (χ3n) is 10.2. The van der Waals surface area contributed by atoms with Gasteiger partial charge in [0.15, 0.2) is 0 Å². The van der Waals surface area contributed by atoms with Gasteiger partial charge in [-0.3, -0.25) is 19.5 Å². The molecule has 0 radical (unpaired) electrons. The highest BCUT2D eigenvalue weighted by atomic mass is 19.4. The van der Waals surface area contributed by atoms with Gasteiger partial charge in [-0.1, -0.05) is 60.7 Å². The van der Waals surface area contributed by atoms with Gasteiger partial charge in [0, 0.05) is 76.5 Å². The first-order valence-corrected chi connectivity index (χ1v) is 16.9.